The van der Waals surface area contributed by atoms with E-state index in [2.05, 4.69) is 22.8 Å². The van der Waals surface area contributed by atoms with Crippen molar-refractivity contribution in [3.05, 3.63) is 60.7 Å². The van der Waals surface area contributed by atoms with E-state index in [-0.39, 0.29) is 11.9 Å². The molecule has 0 aliphatic rings. The third kappa shape index (κ3) is 6.43. The fourth-order valence-electron chi connectivity index (χ4n) is 2.46. The molecule has 4 heteroatoms. The van der Waals surface area contributed by atoms with Gasteiger partial charge in [-0.05, 0) is 37.1 Å². The number of hydrogen-bond donors (Lipinski definition) is 3. The summed E-state index contributed by atoms with van der Waals surface area (Å²) >= 11 is 0. The van der Waals surface area contributed by atoms with Crippen LogP contribution in [-0.4, -0.2) is 18.5 Å². The maximum Gasteiger partial charge on any atom is 0.239 e. The van der Waals surface area contributed by atoms with Gasteiger partial charge in [-0.25, -0.2) is 0 Å². The molecular weight excluding hydrogens is 286 g/mol. The van der Waals surface area contributed by atoms with Gasteiger partial charge in [-0.15, -0.1) is 0 Å². The average molecular weight is 311 g/mol. The normalized spacial score (nSPS) is 11.7. The lowest BCUT2D eigenvalue weighted by Crippen LogP contribution is -2.35. The zero-order valence-electron chi connectivity index (χ0n) is 13.4. The van der Waals surface area contributed by atoms with E-state index in [0.29, 0.717) is 0 Å². The Balaban J connectivity index is 1.64. The molecule has 0 bridgehead atoms. The van der Waals surface area contributed by atoms with Crippen LogP contribution in [0.15, 0.2) is 60.7 Å². The number of amides is 1. The number of nitrogens with one attached hydrogen (secondary N) is 2. The van der Waals surface area contributed by atoms with Crippen LogP contribution in [0.5, 0.6) is 0 Å². The zero-order valence-corrected chi connectivity index (χ0v) is 13.4. The Bertz CT molecular complexity index is 572. The Kier molecular flexibility index (Phi) is 6.98. The molecule has 0 radical (unpaired) electrons. The molecule has 0 fully saturated rings. The van der Waals surface area contributed by atoms with Crippen LogP contribution in [0.2, 0.25) is 0 Å². The average Bonchev–Trinajstić information content (AvgIpc) is 2.58. The highest BCUT2D eigenvalue weighted by Gasteiger charge is 2.14. The molecule has 1 amide bonds. The van der Waals surface area contributed by atoms with Crippen molar-refractivity contribution in [3.8, 4) is 0 Å². The lowest BCUT2D eigenvalue weighted by atomic mass is 10.1. The highest BCUT2D eigenvalue weighted by molar-refractivity contribution is 5.82. The smallest absolute Gasteiger partial charge is 0.239 e. The highest BCUT2D eigenvalue weighted by atomic mass is 16.1. The first-order valence-corrected chi connectivity index (χ1v) is 8.15. The van der Waals surface area contributed by atoms with Gasteiger partial charge in [-0.1, -0.05) is 49.2 Å². The third-order valence-corrected chi connectivity index (χ3v) is 3.73. The molecule has 2 rings (SSSR count). The minimum atomic E-state index is -0.306. The van der Waals surface area contributed by atoms with Crippen LogP contribution in [0.3, 0.4) is 0 Å². The lowest BCUT2D eigenvalue weighted by molar-refractivity contribution is -0.118. The maximum absolute atomic E-state index is 11.6. The first-order valence-electron chi connectivity index (χ1n) is 8.15. The summed E-state index contributed by atoms with van der Waals surface area (Å²) in [7, 11) is 0. The van der Waals surface area contributed by atoms with Gasteiger partial charge < -0.3 is 16.4 Å². The van der Waals surface area contributed by atoms with E-state index in [0.717, 1.165) is 43.6 Å². The molecule has 4 N–H and O–H groups in total. The molecule has 0 aliphatic heterocycles. The number of para-hydroxylation sites is 2. The van der Waals surface area contributed by atoms with Crippen molar-refractivity contribution in [2.24, 2.45) is 5.73 Å². The van der Waals surface area contributed by atoms with E-state index >= 15 is 0 Å². The van der Waals surface area contributed by atoms with Crippen LogP contribution in [-0.2, 0) is 4.79 Å². The van der Waals surface area contributed by atoms with Crippen LogP contribution < -0.4 is 16.4 Å². The molecule has 0 saturated heterocycles. The number of carbonyl (C=O) groups excluding carboxylic acids is 1. The number of primary amides is 1. The Hall–Kier alpha value is -2.49. The number of unbranched alkanes of at least 4 members (excludes halogenated alkanes) is 2. The van der Waals surface area contributed by atoms with E-state index in [1.165, 1.54) is 0 Å². The molecule has 23 heavy (non-hydrogen) atoms. The number of benzene rings is 2. The topological polar surface area (TPSA) is 67.2 Å². The first-order chi connectivity index (χ1) is 11.3. The minimum Gasteiger partial charge on any atom is -0.385 e. The number of anilines is 2. The van der Waals surface area contributed by atoms with Crippen molar-refractivity contribution in [2.75, 3.05) is 17.2 Å². The van der Waals surface area contributed by atoms with Crippen LogP contribution in [0.25, 0.3) is 0 Å². The summed E-state index contributed by atoms with van der Waals surface area (Å²) in [4.78, 5) is 11.6. The second kappa shape index (κ2) is 9.51. The molecule has 0 spiro atoms. The molecule has 122 valence electrons. The molecule has 1 atom stereocenters. The van der Waals surface area contributed by atoms with Gasteiger partial charge in [0.1, 0.15) is 6.04 Å². The van der Waals surface area contributed by atoms with Gasteiger partial charge in [0.25, 0.3) is 0 Å². The monoisotopic (exact) mass is 311 g/mol. The van der Waals surface area contributed by atoms with Crippen molar-refractivity contribution in [1.29, 1.82) is 0 Å². The number of nitrogens with two attached hydrogens (primary N) is 1. The fourth-order valence-corrected chi connectivity index (χ4v) is 2.46. The van der Waals surface area contributed by atoms with E-state index in [4.69, 9.17) is 5.73 Å². The zero-order chi connectivity index (χ0) is 16.3. The van der Waals surface area contributed by atoms with Crippen molar-refractivity contribution in [1.82, 2.24) is 0 Å². The standard InChI is InChI=1S/C19H25N3O/c20-19(23)18(22-17-12-6-2-7-13-17)14-8-3-9-15-21-16-10-4-1-5-11-16/h1-2,4-7,10-13,18,21-22H,3,8-9,14-15H2,(H2,20,23). The van der Waals surface area contributed by atoms with Crippen molar-refractivity contribution in [3.63, 3.8) is 0 Å². The van der Waals surface area contributed by atoms with E-state index in [1.807, 2.05) is 48.5 Å². The number of hydrogen-bond acceptors (Lipinski definition) is 3. The van der Waals surface area contributed by atoms with Crippen molar-refractivity contribution < 1.29 is 4.79 Å². The van der Waals surface area contributed by atoms with Crippen molar-refractivity contribution >= 4 is 17.3 Å². The Morgan fingerprint density at radius 3 is 2.09 bits per heavy atom. The van der Waals surface area contributed by atoms with Gasteiger partial charge in [0.15, 0.2) is 0 Å². The van der Waals surface area contributed by atoms with Gasteiger partial charge >= 0.3 is 0 Å². The van der Waals surface area contributed by atoms with Gasteiger partial charge in [0, 0.05) is 17.9 Å². The molecule has 1 unspecified atom stereocenters. The molecule has 0 saturated carbocycles. The van der Waals surface area contributed by atoms with Crippen LogP contribution in [0.4, 0.5) is 11.4 Å². The van der Waals surface area contributed by atoms with Crippen LogP contribution in [0.1, 0.15) is 25.7 Å². The number of rotatable bonds is 10. The summed E-state index contributed by atoms with van der Waals surface area (Å²) in [6.45, 7) is 0.942. The second-order valence-electron chi connectivity index (χ2n) is 5.61. The SMILES string of the molecule is NC(=O)C(CCCCCNc1ccccc1)Nc1ccccc1. The summed E-state index contributed by atoms with van der Waals surface area (Å²) in [5.74, 6) is -0.295. The summed E-state index contributed by atoms with van der Waals surface area (Å²) in [6.07, 6.45) is 3.88. The summed E-state index contributed by atoms with van der Waals surface area (Å²) in [6, 6.07) is 19.6. The third-order valence-electron chi connectivity index (χ3n) is 3.73. The minimum absolute atomic E-state index is 0.295. The van der Waals surface area contributed by atoms with Crippen molar-refractivity contribution in [2.45, 2.75) is 31.7 Å². The summed E-state index contributed by atoms with van der Waals surface area (Å²) in [5, 5.41) is 6.59. The van der Waals surface area contributed by atoms with E-state index in [1.54, 1.807) is 0 Å². The largest absolute Gasteiger partial charge is 0.385 e. The van der Waals surface area contributed by atoms with Gasteiger partial charge in [-0.2, -0.15) is 0 Å². The predicted octanol–water partition coefficient (Wildman–Crippen LogP) is 3.62. The molecular formula is C19H25N3O. The second-order valence-corrected chi connectivity index (χ2v) is 5.61. The van der Waals surface area contributed by atoms with Crippen LogP contribution >= 0.6 is 0 Å². The molecule has 2 aromatic carbocycles. The Morgan fingerprint density at radius 1 is 0.870 bits per heavy atom. The highest BCUT2D eigenvalue weighted by Crippen LogP contribution is 2.12. The van der Waals surface area contributed by atoms with Gasteiger partial charge in [0.05, 0.1) is 0 Å². The number of carbonyl (C=O) groups is 1. The maximum atomic E-state index is 11.6. The van der Waals surface area contributed by atoms with E-state index in [9.17, 15) is 4.79 Å². The van der Waals surface area contributed by atoms with Gasteiger partial charge in [0.2, 0.25) is 5.91 Å². The fraction of sp³-hybridized carbons (Fsp3) is 0.316. The summed E-state index contributed by atoms with van der Waals surface area (Å²) < 4.78 is 0. The Labute approximate surface area is 138 Å². The molecule has 0 aromatic heterocycles. The molecule has 0 heterocycles. The predicted molar refractivity (Wildman–Crippen MR) is 96.4 cm³/mol. The summed E-state index contributed by atoms with van der Waals surface area (Å²) in [5.41, 5.74) is 7.57. The molecule has 2 aromatic rings. The van der Waals surface area contributed by atoms with E-state index < -0.39 is 0 Å². The Morgan fingerprint density at radius 2 is 1.48 bits per heavy atom. The molecule has 0 aliphatic carbocycles. The quantitative estimate of drug-likeness (QED) is 0.587. The first kappa shape index (κ1) is 16.9. The molecule has 4 nitrogen and oxygen atoms in total. The van der Waals surface area contributed by atoms with Crippen LogP contribution in [0, 0.1) is 0 Å². The lowest BCUT2D eigenvalue weighted by Gasteiger charge is -2.16. The van der Waals surface area contributed by atoms with Gasteiger partial charge in [-0.3, -0.25) is 4.79 Å².